The monoisotopic (exact) mass is 419 g/mol. The molecular weight excluding hydrogens is 394 g/mol. The normalized spacial score (nSPS) is 17.0. The number of hydrogen-bond acceptors (Lipinski definition) is 4. The van der Waals surface area contributed by atoms with Crippen molar-refractivity contribution in [3.63, 3.8) is 0 Å². The number of rotatable bonds is 6. The molecule has 1 aliphatic heterocycles. The average molecular weight is 420 g/mol. The lowest BCUT2D eigenvalue weighted by Gasteiger charge is -2.32. The first-order valence-corrected chi connectivity index (χ1v) is 11.0. The van der Waals surface area contributed by atoms with Crippen molar-refractivity contribution in [1.82, 2.24) is 15.2 Å². The SMILES string of the molecule is CC(C)C(=O)NCCc1csc([C@@H]2CCCN(C(=O)c3ccc(Cl)cc3)C2)n1. The Labute approximate surface area is 175 Å². The van der Waals surface area contributed by atoms with Gasteiger partial charge in [0.05, 0.1) is 10.7 Å². The second-order valence-corrected chi connectivity index (χ2v) is 8.80. The fourth-order valence-electron chi connectivity index (χ4n) is 3.28. The Morgan fingerprint density at radius 1 is 1.32 bits per heavy atom. The lowest BCUT2D eigenvalue weighted by atomic mass is 9.98. The third-order valence-corrected chi connectivity index (χ3v) is 6.23. The van der Waals surface area contributed by atoms with E-state index in [1.807, 2.05) is 18.7 Å². The first-order valence-electron chi connectivity index (χ1n) is 9.71. The zero-order valence-electron chi connectivity index (χ0n) is 16.3. The van der Waals surface area contributed by atoms with E-state index in [2.05, 4.69) is 10.7 Å². The van der Waals surface area contributed by atoms with E-state index in [1.165, 1.54) is 0 Å². The predicted octanol–water partition coefficient (Wildman–Crippen LogP) is 4.13. The number of nitrogens with one attached hydrogen (secondary N) is 1. The van der Waals surface area contributed by atoms with E-state index >= 15 is 0 Å². The maximum Gasteiger partial charge on any atom is 0.253 e. The maximum absolute atomic E-state index is 12.8. The number of halogens is 1. The molecule has 1 aromatic carbocycles. The Hall–Kier alpha value is -1.92. The number of benzene rings is 1. The first kappa shape index (κ1) is 20.8. The molecule has 0 unspecified atom stereocenters. The fraction of sp³-hybridized carbons (Fsp3) is 0.476. The largest absolute Gasteiger partial charge is 0.355 e. The van der Waals surface area contributed by atoms with Crippen molar-refractivity contribution in [3.05, 3.63) is 50.9 Å². The van der Waals surface area contributed by atoms with Crippen LogP contribution < -0.4 is 5.32 Å². The highest BCUT2D eigenvalue weighted by Crippen LogP contribution is 2.30. The van der Waals surface area contributed by atoms with Gasteiger partial charge in [0, 0.05) is 53.9 Å². The van der Waals surface area contributed by atoms with Gasteiger partial charge < -0.3 is 10.2 Å². The summed E-state index contributed by atoms with van der Waals surface area (Å²) in [4.78, 5) is 31.1. The van der Waals surface area contributed by atoms with Crippen molar-refractivity contribution in [3.8, 4) is 0 Å². The van der Waals surface area contributed by atoms with Crippen LogP contribution in [-0.4, -0.2) is 41.3 Å². The van der Waals surface area contributed by atoms with Crippen LogP contribution in [0.1, 0.15) is 53.7 Å². The van der Waals surface area contributed by atoms with Gasteiger partial charge in [0.25, 0.3) is 5.91 Å². The van der Waals surface area contributed by atoms with Crippen LogP contribution in [0.25, 0.3) is 0 Å². The van der Waals surface area contributed by atoms with E-state index in [-0.39, 0.29) is 23.7 Å². The summed E-state index contributed by atoms with van der Waals surface area (Å²) in [5, 5.41) is 6.71. The summed E-state index contributed by atoms with van der Waals surface area (Å²) in [7, 11) is 0. The molecule has 5 nitrogen and oxygen atoms in total. The molecule has 2 aromatic rings. The number of carbonyl (C=O) groups excluding carboxylic acids is 2. The Bertz CT molecular complexity index is 819. The van der Waals surface area contributed by atoms with Crippen molar-refractivity contribution >= 4 is 34.8 Å². The number of amides is 2. The summed E-state index contributed by atoms with van der Waals surface area (Å²) < 4.78 is 0. The van der Waals surface area contributed by atoms with Crippen molar-refractivity contribution in [2.45, 2.75) is 39.0 Å². The number of likely N-dealkylation sites (tertiary alicyclic amines) is 1. The highest BCUT2D eigenvalue weighted by Gasteiger charge is 2.27. The van der Waals surface area contributed by atoms with Gasteiger partial charge in [-0.3, -0.25) is 9.59 Å². The Morgan fingerprint density at radius 3 is 2.79 bits per heavy atom. The summed E-state index contributed by atoms with van der Waals surface area (Å²) in [6, 6.07) is 7.06. The molecule has 0 aliphatic carbocycles. The molecule has 7 heteroatoms. The minimum Gasteiger partial charge on any atom is -0.355 e. The van der Waals surface area contributed by atoms with Gasteiger partial charge in [0.2, 0.25) is 5.91 Å². The highest BCUT2D eigenvalue weighted by atomic mass is 35.5. The van der Waals surface area contributed by atoms with Crippen LogP contribution in [-0.2, 0) is 11.2 Å². The second kappa shape index (κ2) is 9.52. The molecule has 1 aromatic heterocycles. The number of aromatic nitrogens is 1. The third kappa shape index (κ3) is 5.32. The molecule has 0 saturated carbocycles. The third-order valence-electron chi connectivity index (χ3n) is 4.92. The first-order chi connectivity index (χ1) is 13.4. The Balaban J connectivity index is 1.57. The molecule has 3 rings (SSSR count). The van der Waals surface area contributed by atoms with Gasteiger partial charge in [-0.15, -0.1) is 11.3 Å². The van der Waals surface area contributed by atoms with Crippen LogP contribution in [0.15, 0.2) is 29.6 Å². The Kier molecular flexibility index (Phi) is 7.08. The van der Waals surface area contributed by atoms with Crippen LogP contribution in [0.2, 0.25) is 5.02 Å². The molecule has 1 N–H and O–H groups in total. The molecule has 28 heavy (non-hydrogen) atoms. The Morgan fingerprint density at radius 2 is 2.07 bits per heavy atom. The van der Waals surface area contributed by atoms with Crippen LogP contribution >= 0.6 is 22.9 Å². The van der Waals surface area contributed by atoms with Crippen molar-refractivity contribution < 1.29 is 9.59 Å². The average Bonchev–Trinajstić information content (AvgIpc) is 3.17. The fourth-order valence-corrected chi connectivity index (χ4v) is 4.39. The molecule has 150 valence electrons. The van der Waals surface area contributed by atoms with Crippen LogP contribution in [0, 0.1) is 5.92 Å². The van der Waals surface area contributed by atoms with E-state index in [1.54, 1.807) is 35.6 Å². The number of piperidine rings is 1. The lowest BCUT2D eigenvalue weighted by Crippen LogP contribution is -2.39. The summed E-state index contributed by atoms with van der Waals surface area (Å²) >= 11 is 7.58. The van der Waals surface area contributed by atoms with Crippen molar-refractivity contribution in [1.29, 1.82) is 0 Å². The van der Waals surface area contributed by atoms with Gasteiger partial charge in [0.1, 0.15) is 0 Å². The van der Waals surface area contributed by atoms with Crippen LogP contribution in [0.3, 0.4) is 0 Å². The molecule has 1 aliphatic rings. The highest BCUT2D eigenvalue weighted by molar-refractivity contribution is 7.09. The number of nitrogens with zero attached hydrogens (tertiary/aromatic N) is 2. The van der Waals surface area contributed by atoms with Gasteiger partial charge in [-0.05, 0) is 37.1 Å². The molecule has 2 heterocycles. The standard InChI is InChI=1S/C21H26ClN3O2S/c1-14(2)19(26)23-10-9-18-13-28-20(24-18)16-4-3-11-25(12-16)21(27)15-5-7-17(22)8-6-15/h5-8,13-14,16H,3-4,9-12H2,1-2H3,(H,23,26)/t16-/m1/s1. The summed E-state index contributed by atoms with van der Waals surface area (Å²) in [6.45, 7) is 5.84. The van der Waals surface area contributed by atoms with E-state index in [9.17, 15) is 9.59 Å². The second-order valence-electron chi connectivity index (χ2n) is 7.47. The van der Waals surface area contributed by atoms with Gasteiger partial charge >= 0.3 is 0 Å². The number of thiazole rings is 1. The summed E-state index contributed by atoms with van der Waals surface area (Å²) in [6.07, 6.45) is 2.75. The molecule has 1 saturated heterocycles. The molecule has 2 amide bonds. The minimum absolute atomic E-state index is 0.00241. The molecular formula is C21H26ClN3O2S. The van der Waals surface area contributed by atoms with E-state index in [4.69, 9.17) is 16.6 Å². The van der Waals surface area contributed by atoms with E-state index in [0.29, 0.717) is 23.7 Å². The predicted molar refractivity (Wildman–Crippen MR) is 113 cm³/mol. The van der Waals surface area contributed by atoms with Crippen molar-refractivity contribution in [2.75, 3.05) is 19.6 Å². The lowest BCUT2D eigenvalue weighted by molar-refractivity contribution is -0.123. The van der Waals surface area contributed by atoms with E-state index in [0.717, 1.165) is 36.5 Å². The van der Waals surface area contributed by atoms with Gasteiger partial charge in [-0.1, -0.05) is 25.4 Å². The molecule has 0 radical (unpaired) electrons. The zero-order chi connectivity index (χ0) is 20.1. The quantitative estimate of drug-likeness (QED) is 0.765. The minimum atomic E-state index is -0.00241. The smallest absolute Gasteiger partial charge is 0.253 e. The molecule has 0 bridgehead atoms. The topological polar surface area (TPSA) is 62.3 Å². The van der Waals surface area contributed by atoms with Gasteiger partial charge in [0.15, 0.2) is 0 Å². The van der Waals surface area contributed by atoms with Gasteiger partial charge in [-0.25, -0.2) is 4.98 Å². The zero-order valence-corrected chi connectivity index (χ0v) is 17.9. The van der Waals surface area contributed by atoms with Crippen LogP contribution in [0.4, 0.5) is 0 Å². The molecule has 1 atom stereocenters. The summed E-state index contributed by atoms with van der Waals surface area (Å²) in [5.41, 5.74) is 1.68. The van der Waals surface area contributed by atoms with Crippen LogP contribution in [0.5, 0.6) is 0 Å². The van der Waals surface area contributed by atoms with Gasteiger partial charge in [-0.2, -0.15) is 0 Å². The number of hydrogen-bond donors (Lipinski definition) is 1. The molecule has 1 fully saturated rings. The molecule has 0 spiro atoms. The van der Waals surface area contributed by atoms with E-state index < -0.39 is 0 Å². The van der Waals surface area contributed by atoms with Crippen molar-refractivity contribution in [2.24, 2.45) is 5.92 Å². The summed E-state index contributed by atoms with van der Waals surface area (Å²) in [5.74, 6) is 0.389. The number of carbonyl (C=O) groups is 2. The maximum atomic E-state index is 12.8.